The zero-order valence-corrected chi connectivity index (χ0v) is 9.54. The summed E-state index contributed by atoms with van der Waals surface area (Å²) in [6, 6.07) is 7.84. The summed E-state index contributed by atoms with van der Waals surface area (Å²) >= 11 is 0. The smallest absolute Gasteiger partial charge is 0.331 e. The van der Waals surface area contributed by atoms with Crippen LogP contribution < -0.4 is 0 Å². The van der Waals surface area contributed by atoms with E-state index in [1.165, 1.54) is 0 Å². The molecule has 0 saturated heterocycles. The summed E-state index contributed by atoms with van der Waals surface area (Å²) in [5.74, 6) is -1.93. The van der Waals surface area contributed by atoms with E-state index in [2.05, 4.69) is 0 Å². The highest BCUT2D eigenvalue weighted by Gasteiger charge is 2.28. The lowest BCUT2D eigenvalue weighted by atomic mass is 10.1. The summed E-state index contributed by atoms with van der Waals surface area (Å²) < 4.78 is 0. The lowest BCUT2D eigenvalue weighted by Gasteiger charge is -2.20. The molecule has 1 atom stereocenters. The highest BCUT2D eigenvalue weighted by Crippen LogP contribution is 2.04. The molecule has 0 fully saturated rings. The molecule has 0 radical (unpaired) electrons. The molecule has 2 N–H and O–H groups in total. The van der Waals surface area contributed by atoms with Crippen LogP contribution in [0, 0.1) is 0 Å². The first kappa shape index (κ1) is 13.3. The van der Waals surface area contributed by atoms with Gasteiger partial charge < -0.3 is 10.3 Å². The number of carbonyl (C=O) groups excluding carboxylic acids is 1. The van der Waals surface area contributed by atoms with Crippen molar-refractivity contribution in [3.63, 3.8) is 0 Å². The van der Waals surface area contributed by atoms with Crippen molar-refractivity contribution in [3.8, 4) is 0 Å². The van der Waals surface area contributed by atoms with Crippen LogP contribution in [-0.4, -0.2) is 39.7 Å². The van der Waals surface area contributed by atoms with E-state index in [0.29, 0.717) is 11.5 Å². The fourth-order valence-electron chi connectivity index (χ4n) is 1.53. The maximum atomic E-state index is 11.1. The quantitative estimate of drug-likeness (QED) is 0.569. The Bertz CT molecular complexity index is 377. The van der Waals surface area contributed by atoms with Crippen LogP contribution >= 0.6 is 0 Å². The van der Waals surface area contributed by atoms with Gasteiger partial charge in [0.1, 0.15) is 0 Å². The van der Waals surface area contributed by atoms with Crippen LogP contribution in [-0.2, 0) is 16.0 Å². The van der Waals surface area contributed by atoms with Crippen LogP contribution in [0.2, 0.25) is 0 Å². The normalized spacial score (nSPS) is 12.4. The zero-order chi connectivity index (χ0) is 12.8. The minimum Gasteiger partial charge on any atom is -0.480 e. The fourth-order valence-corrected chi connectivity index (χ4v) is 1.53. The largest absolute Gasteiger partial charge is 0.480 e. The monoisotopic (exact) mass is 237 g/mol. The van der Waals surface area contributed by atoms with Gasteiger partial charge in [-0.15, -0.1) is 0 Å². The van der Waals surface area contributed by atoms with Crippen molar-refractivity contribution in [1.29, 1.82) is 0 Å². The first-order valence-corrected chi connectivity index (χ1v) is 5.25. The molecule has 0 bridgehead atoms. The second-order valence-electron chi connectivity index (χ2n) is 3.75. The Hall–Kier alpha value is -1.72. The Morgan fingerprint density at radius 1 is 1.29 bits per heavy atom. The predicted molar refractivity (Wildman–Crippen MR) is 60.7 cm³/mol. The van der Waals surface area contributed by atoms with E-state index in [1.807, 2.05) is 30.3 Å². The number of benzene rings is 1. The molecule has 17 heavy (non-hydrogen) atoms. The van der Waals surface area contributed by atoms with Gasteiger partial charge in [-0.25, -0.2) is 4.79 Å². The van der Waals surface area contributed by atoms with Crippen LogP contribution in [0.4, 0.5) is 0 Å². The van der Waals surface area contributed by atoms with Crippen LogP contribution in [0.25, 0.3) is 0 Å². The average Bonchev–Trinajstić information content (AvgIpc) is 2.27. The Labute approximate surface area is 99.2 Å². The summed E-state index contributed by atoms with van der Waals surface area (Å²) in [6.07, 6.45) is 0.481. The first-order chi connectivity index (χ1) is 8.02. The number of hydroxylamine groups is 2. The molecule has 1 rings (SSSR count). The molecule has 0 heterocycles. The molecule has 0 amide bonds. The highest BCUT2D eigenvalue weighted by molar-refractivity contribution is 6.00. The number of hydrogen-bond donors (Lipinski definition) is 2. The van der Waals surface area contributed by atoms with Gasteiger partial charge in [0.05, 0.1) is 0 Å². The number of carboxylic acids is 1. The molecule has 0 aliphatic rings. The van der Waals surface area contributed by atoms with Crippen LogP contribution in [0.3, 0.4) is 0 Å². The Kier molecular flexibility index (Phi) is 4.81. The molecule has 1 aromatic rings. The van der Waals surface area contributed by atoms with Gasteiger partial charge in [-0.1, -0.05) is 30.3 Å². The number of aliphatic carboxylic acids is 1. The number of rotatable bonds is 6. The third-order valence-corrected chi connectivity index (χ3v) is 2.39. The minimum atomic E-state index is -1.49. The molecule has 0 saturated carbocycles. The third kappa shape index (κ3) is 3.97. The van der Waals surface area contributed by atoms with Crippen molar-refractivity contribution in [3.05, 3.63) is 35.9 Å². The maximum Gasteiger partial charge on any atom is 0.331 e. The number of hydrogen-bond acceptors (Lipinski definition) is 4. The van der Waals surface area contributed by atoms with E-state index in [9.17, 15) is 14.8 Å². The van der Waals surface area contributed by atoms with Crippen LogP contribution in [0.5, 0.6) is 0 Å². The van der Waals surface area contributed by atoms with Crippen molar-refractivity contribution >= 4 is 11.8 Å². The molecule has 1 aromatic carbocycles. The molecule has 92 valence electrons. The Morgan fingerprint density at radius 3 is 2.35 bits per heavy atom. The van der Waals surface area contributed by atoms with Gasteiger partial charge in [0.15, 0.2) is 11.8 Å². The second-order valence-corrected chi connectivity index (χ2v) is 3.75. The predicted octanol–water partition coefficient (Wildman–Crippen LogP) is 0.962. The van der Waals surface area contributed by atoms with Crippen molar-refractivity contribution in [2.75, 3.05) is 6.54 Å². The molecule has 0 unspecified atom stereocenters. The van der Waals surface area contributed by atoms with Gasteiger partial charge in [0, 0.05) is 6.54 Å². The van der Waals surface area contributed by atoms with Gasteiger partial charge >= 0.3 is 5.97 Å². The molecule has 0 aromatic heterocycles. The highest BCUT2D eigenvalue weighted by atomic mass is 16.5. The van der Waals surface area contributed by atoms with Crippen molar-refractivity contribution in [1.82, 2.24) is 5.06 Å². The summed E-state index contributed by atoms with van der Waals surface area (Å²) in [6.45, 7) is 1.24. The molecular weight excluding hydrogens is 222 g/mol. The molecule has 0 spiro atoms. The third-order valence-electron chi connectivity index (χ3n) is 2.39. The zero-order valence-electron chi connectivity index (χ0n) is 9.54. The van der Waals surface area contributed by atoms with Crippen molar-refractivity contribution < 1.29 is 19.9 Å². The van der Waals surface area contributed by atoms with E-state index < -0.39 is 17.8 Å². The molecule has 5 heteroatoms. The summed E-state index contributed by atoms with van der Waals surface area (Å²) in [5, 5.41) is 18.9. The van der Waals surface area contributed by atoms with E-state index in [-0.39, 0.29) is 6.54 Å². The van der Waals surface area contributed by atoms with E-state index in [4.69, 9.17) is 5.11 Å². The van der Waals surface area contributed by atoms with Gasteiger partial charge in [-0.05, 0) is 18.9 Å². The van der Waals surface area contributed by atoms with Gasteiger partial charge in [0.2, 0.25) is 0 Å². The average molecular weight is 237 g/mol. The second kappa shape index (κ2) is 6.12. The SMILES string of the molecule is CC(=O)[C@@H](C(=O)O)N(O)CCc1ccccc1. The Morgan fingerprint density at radius 2 is 1.88 bits per heavy atom. The van der Waals surface area contributed by atoms with E-state index in [1.54, 1.807) is 0 Å². The van der Waals surface area contributed by atoms with Crippen molar-refractivity contribution in [2.45, 2.75) is 19.4 Å². The number of carbonyl (C=O) groups is 2. The van der Waals surface area contributed by atoms with Crippen LogP contribution in [0.1, 0.15) is 12.5 Å². The summed E-state index contributed by atoms with van der Waals surface area (Å²) in [4.78, 5) is 21.8. The molecule has 0 aliphatic carbocycles. The molecule has 5 nitrogen and oxygen atoms in total. The van der Waals surface area contributed by atoms with E-state index in [0.717, 1.165) is 12.5 Å². The summed E-state index contributed by atoms with van der Waals surface area (Å²) in [7, 11) is 0. The van der Waals surface area contributed by atoms with Gasteiger partial charge in [-0.3, -0.25) is 4.79 Å². The fraction of sp³-hybridized carbons (Fsp3) is 0.333. The number of nitrogens with zero attached hydrogens (tertiary/aromatic N) is 1. The Balaban J connectivity index is 2.56. The lowest BCUT2D eigenvalue weighted by Crippen LogP contribution is -2.44. The van der Waals surface area contributed by atoms with E-state index >= 15 is 0 Å². The van der Waals surface area contributed by atoms with Gasteiger partial charge in [-0.2, -0.15) is 5.06 Å². The number of Topliss-reactive ketones (excluding diaryl/α,β-unsaturated/α-hetero) is 1. The lowest BCUT2D eigenvalue weighted by molar-refractivity contribution is -0.173. The van der Waals surface area contributed by atoms with Gasteiger partial charge in [0.25, 0.3) is 0 Å². The summed E-state index contributed by atoms with van der Waals surface area (Å²) in [5.41, 5.74) is 0.972. The first-order valence-electron chi connectivity index (χ1n) is 5.25. The number of ketones is 1. The standard InChI is InChI=1S/C12H15NO4/c1-9(14)11(12(15)16)13(17)8-7-10-5-3-2-4-6-10/h2-6,11,17H,7-8H2,1H3,(H,15,16)/t11-/m0/s1. The van der Waals surface area contributed by atoms with Crippen molar-refractivity contribution in [2.24, 2.45) is 0 Å². The topological polar surface area (TPSA) is 77.8 Å². The van der Waals surface area contributed by atoms with Crippen LogP contribution in [0.15, 0.2) is 30.3 Å². The molecular formula is C12H15NO4. The molecule has 0 aliphatic heterocycles. The number of carboxylic acid groups (broad SMARTS) is 1. The minimum absolute atomic E-state index is 0.0978. The maximum absolute atomic E-state index is 11.1.